The summed E-state index contributed by atoms with van der Waals surface area (Å²) in [6.45, 7) is 7.46. The van der Waals surface area contributed by atoms with Crippen LogP contribution in [-0.2, 0) is 9.84 Å². The van der Waals surface area contributed by atoms with Gasteiger partial charge in [-0.1, -0.05) is 18.6 Å². The van der Waals surface area contributed by atoms with Gasteiger partial charge in [-0.15, -0.1) is 0 Å². The normalized spacial score (nSPS) is 27.1. The monoisotopic (exact) mass is 273 g/mol. The van der Waals surface area contributed by atoms with Gasteiger partial charge in [-0.25, -0.2) is 8.42 Å². The maximum absolute atomic E-state index is 11.3. The second-order valence-electron chi connectivity index (χ2n) is 5.99. The molecule has 0 amide bonds. The van der Waals surface area contributed by atoms with Gasteiger partial charge < -0.3 is 4.90 Å². The third-order valence-corrected chi connectivity index (χ3v) is 5.23. The minimum absolute atomic E-state index is 0.0851. The van der Waals surface area contributed by atoms with Crippen LogP contribution in [0.25, 0.3) is 0 Å². The van der Waals surface area contributed by atoms with Crippen LogP contribution < -0.4 is 0 Å². The topological polar surface area (TPSA) is 37.4 Å². The molecule has 0 aromatic rings. The molecular formula is C14H27NO2S. The molecule has 0 saturated carbocycles. The molecule has 3 nitrogen and oxygen atoms in total. The highest BCUT2D eigenvalue weighted by molar-refractivity contribution is 7.90. The maximum atomic E-state index is 11.3. The molecule has 4 heteroatoms. The average Bonchev–Trinajstić information content (AvgIpc) is 2.21. The van der Waals surface area contributed by atoms with Crippen LogP contribution in [0.4, 0.5) is 0 Å². The van der Waals surface area contributed by atoms with Crippen molar-refractivity contribution in [2.24, 2.45) is 11.8 Å². The summed E-state index contributed by atoms with van der Waals surface area (Å²) in [6.07, 6.45) is 6.08. The molecule has 106 valence electrons. The second-order valence-corrected chi connectivity index (χ2v) is 8.18. The zero-order chi connectivity index (χ0) is 13.9. The molecule has 1 aliphatic rings. The summed E-state index contributed by atoms with van der Waals surface area (Å²) in [5.41, 5.74) is 1.46. The van der Waals surface area contributed by atoms with Crippen molar-refractivity contribution < 1.29 is 8.42 Å². The number of allylic oxidation sites excluding steroid dienone is 1. The summed E-state index contributed by atoms with van der Waals surface area (Å²) >= 11 is 0. The smallest absolute Gasteiger partial charge is 0.148 e. The standard InChI is InChI=1S/C14H27NO2S/c1-11-7-6-8-12(2)14(11)9-15(4)13(3)10-18(5,16)17/h7,12-14H,6,8-10H2,1-5H3/t12-,13-,14+/m0/s1. The van der Waals surface area contributed by atoms with Crippen molar-refractivity contribution in [2.75, 3.05) is 25.6 Å². The Morgan fingerprint density at radius 1 is 1.50 bits per heavy atom. The van der Waals surface area contributed by atoms with Crippen molar-refractivity contribution in [3.05, 3.63) is 11.6 Å². The third-order valence-electron chi connectivity index (χ3n) is 4.14. The van der Waals surface area contributed by atoms with Gasteiger partial charge in [0.25, 0.3) is 0 Å². The first kappa shape index (κ1) is 15.7. The molecule has 0 aliphatic heterocycles. The van der Waals surface area contributed by atoms with Gasteiger partial charge in [0, 0.05) is 18.8 Å². The van der Waals surface area contributed by atoms with Gasteiger partial charge in [-0.2, -0.15) is 0 Å². The number of hydrogen-bond acceptors (Lipinski definition) is 3. The van der Waals surface area contributed by atoms with Crippen molar-refractivity contribution in [3.8, 4) is 0 Å². The fourth-order valence-corrected chi connectivity index (χ4v) is 3.89. The Balaban J connectivity index is 2.61. The van der Waals surface area contributed by atoms with E-state index in [0.29, 0.717) is 11.8 Å². The van der Waals surface area contributed by atoms with Crippen LogP contribution in [0, 0.1) is 11.8 Å². The maximum Gasteiger partial charge on any atom is 0.148 e. The molecule has 0 N–H and O–H groups in total. The van der Waals surface area contributed by atoms with Crippen LogP contribution in [-0.4, -0.2) is 45.0 Å². The van der Waals surface area contributed by atoms with Crippen LogP contribution in [0.5, 0.6) is 0 Å². The molecule has 0 aromatic carbocycles. The Hall–Kier alpha value is -0.350. The summed E-state index contributed by atoms with van der Waals surface area (Å²) < 4.78 is 22.7. The Morgan fingerprint density at radius 2 is 2.11 bits per heavy atom. The van der Waals surface area contributed by atoms with Gasteiger partial charge >= 0.3 is 0 Å². The van der Waals surface area contributed by atoms with Crippen molar-refractivity contribution in [1.82, 2.24) is 4.90 Å². The van der Waals surface area contributed by atoms with Gasteiger partial charge in [-0.05, 0) is 45.6 Å². The average molecular weight is 273 g/mol. The van der Waals surface area contributed by atoms with Gasteiger partial charge in [0.2, 0.25) is 0 Å². The molecule has 3 atom stereocenters. The SMILES string of the molecule is CC1=CCC[C@H](C)[C@@H]1CN(C)[C@@H](C)CS(C)(=O)=O. The number of nitrogens with zero attached hydrogens (tertiary/aromatic N) is 1. The zero-order valence-corrected chi connectivity index (χ0v) is 13.1. The minimum Gasteiger partial charge on any atom is -0.302 e. The van der Waals surface area contributed by atoms with Gasteiger partial charge in [-0.3, -0.25) is 0 Å². The Labute approximate surface area is 112 Å². The Morgan fingerprint density at radius 3 is 2.61 bits per heavy atom. The van der Waals surface area contributed by atoms with Crippen LogP contribution >= 0.6 is 0 Å². The van der Waals surface area contributed by atoms with E-state index in [2.05, 4.69) is 24.8 Å². The van der Waals surface area contributed by atoms with Gasteiger partial charge in [0.1, 0.15) is 9.84 Å². The first-order valence-corrected chi connectivity index (χ1v) is 8.81. The molecule has 0 radical (unpaired) electrons. The molecule has 0 saturated heterocycles. The van der Waals surface area contributed by atoms with Crippen LogP contribution in [0.15, 0.2) is 11.6 Å². The van der Waals surface area contributed by atoms with E-state index in [-0.39, 0.29) is 11.8 Å². The number of sulfone groups is 1. The minimum atomic E-state index is -2.89. The zero-order valence-electron chi connectivity index (χ0n) is 12.3. The second kappa shape index (κ2) is 6.20. The van der Waals surface area contributed by atoms with E-state index in [1.165, 1.54) is 24.7 Å². The highest BCUT2D eigenvalue weighted by atomic mass is 32.2. The molecule has 1 aliphatic carbocycles. The number of rotatable bonds is 5. The lowest BCUT2D eigenvalue weighted by Crippen LogP contribution is -2.40. The molecule has 0 bridgehead atoms. The Kier molecular flexibility index (Phi) is 5.41. The number of hydrogen-bond donors (Lipinski definition) is 0. The lowest BCUT2D eigenvalue weighted by Gasteiger charge is -2.34. The Bertz CT molecular complexity index is 400. The van der Waals surface area contributed by atoms with Crippen molar-refractivity contribution in [3.63, 3.8) is 0 Å². The van der Waals surface area contributed by atoms with Gasteiger partial charge in [0.15, 0.2) is 0 Å². The summed E-state index contributed by atoms with van der Waals surface area (Å²) in [4.78, 5) is 2.19. The van der Waals surface area contributed by atoms with Crippen LogP contribution in [0.3, 0.4) is 0 Å². The predicted octanol–water partition coefficient (Wildman–Crippen LogP) is 2.34. The molecule has 18 heavy (non-hydrogen) atoms. The van der Waals surface area contributed by atoms with E-state index in [1.807, 2.05) is 14.0 Å². The summed E-state index contributed by atoms with van der Waals surface area (Å²) in [5, 5.41) is 0. The van der Waals surface area contributed by atoms with E-state index >= 15 is 0 Å². The van der Waals surface area contributed by atoms with Crippen molar-refractivity contribution >= 4 is 9.84 Å². The lowest BCUT2D eigenvalue weighted by molar-refractivity contribution is 0.206. The van der Waals surface area contributed by atoms with Crippen LogP contribution in [0.1, 0.15) is 33.6 Å². The predicted molar refractivity (Wildman–Crippen MR) is 77.4 cm³/mol. The molecule has 1 rings (SSSR count). The largest absolute Gasteiger partial charge is 0.302 e. The highest BCUT2D eigenvalue weighted by Gasteiger charge is 2.25. The first-order chi connectivity index (χ1) is 8.20. The molecule has 0 fully saturated rings. The van der Waals surface area contributed by atoms with E-state index in [1.54, 1.807) is 0 Å². The quantitative estimate of drug-likeness (QED) is 0.722. The molecule has 0 unspecified atom stereocenters. The van der Waals surface area contributed by atoms with E-state index in [9.17, 15) is 8.42 Å². The summed E-state index contributed by atoms with van der Waals surface area (Å²) in [6, 6.07) is 0.0851. The summed E-state index contributed by atoms with van der Waals surface area (Å²) in [7, 11) is -0.860. The highest BCUT2D eigenvalue weighted by Crippen LogP contribution is 2.30. The molecular weight excluding hydrogens is 246 g/mol. The van der Waals surface area contributed by atoms with Gasteiger partial charge in [0.05, 0.1) is 5.75 Å². The lowest BCUT2D eigenvalue weighted by atomic mass is 9.80. The van der Waals surface area contributed by atoms with Crippen molar-refractivity contribution in [2.45, 2.75) is 39.7 Å². The van der Waals surface area contributed by atoms with Crippen LogP contribution in [0.2, 0.25) is 0 Å². The molecule has 0 heterocycles. The van der Waals surface area contributed by atoms with Crippen molar-refractivity contribution in [1.29, 1.82) is 0 Å². The fourth-order valence-electron chi connectivity index (χ4n) is 2.75. The molecule has 0 aromatic heterocycles. The third kappa shape index (κ3) is 4.73. The van der Waals surface area contributed by atoms with E-state index < -0.39 is 9.84 Å². The molecule has 0 spiro atoms. The first-order valence-electron chi connectivity index (χ1n) is 6.75. The fraction of sp³-hybridized carbons (Fsp3) is 0.857. The van der Waals surface area contributed by atoms with E-state index in [0.717, 1.165) is 6.54 Å². The summed E-state index contributed by atoms with van der Waals surface area (Å²) in [5.74, 6) is 1.52. The van der Waals surface area contributed by atoms with E-state index in [4.69, 9.17) is 0 Å².